The molecule has 2 amide bonds. The number of piperazine rings is 1. The fourth-order valence-electron chi connectivity index (χ4n) is 3.75. The maximum atomic E-state index is 13.2. The Morgan fingerprint density at radius 3 is 2.31 bits per heavy atom. The average Bonchev–Trinajstić information content (AvgIpc) is 2.83. The lowest BCUT2D eigenvalue weighted by atomic mass is 10.1. The molecule has 4 rings (SSSR count). The number of amides is 2. The number of ether oxygens (including phenoxy) is 1. The van der Waals surface area contributed by atoms with Gasteiger partial charge in [0.25, 0.3) is 17.4 Å². The maximum absolute atomic E-state index is 13.2. The van der Waals surface area contributed by atoms with Gasteiger partial charge in [0, 0.05) is 45.0 Å². The molecule has 32 heavy (non-hydrogen) atoms. The highest BCUT2D eigenvalue weighted by molar-refractivity contribution is 5.95. The van der Waals surface area contributed by atoms with Crippen molar-refractivity contribution in [1.82, 2.24) is 24.3 Å². The molecule has 1 fully saturated rings. The minimum absolute atomic E-state index is 0.0612. The van der Waals surface area contributed by atoms with Gasteiger partial charge in [-0.3, -0.25) is 19.0 Å². The van der Waals surface area contributed by atoms with Crippen LogP contribution in [-0.2, 0) is 11.3 Å². The van der Waals surface area contributed by atoms with Gasteiger partial charge in [-0.15, -0.1) is 0 Å². The topological polar surface area (TPSA) is 97.6 Å². The predicted octanol–water partition coefficient (Wildman–Crippen LogP) is 1.34. The second-order valence-corrected chi connectivity index (χ2v) is 7.71. The van der Waals surface area contributed by atoms with E-state index in [1.807, 2.05) is 31.2 Å². The number of hydrogen-bond acceptors (Lipinski definition) is 6. The molecule has 1 aliphatic rings. The molecule has 0 spiro atoms. The van der Waals surface area contributed by atoms with E-state index in [9.17, 15) is 14.4 Å². The average molecular weight is 435 g/mol. The van der Waals surface area contributed by atoms with Crippen LogP contribution in [0.1, 0.15) is 26.4 Å². The Morgan fingerprint density at radius 2 is 1.66 bits per heavy atom. The van der Waals surface area contributed by atoms with Crippen LogP contribution in [-0.4, -0.2) is 76.0 Å². The molecule has 9 nitrogen and oxygen atoms in total. The largest absolute Gasteiger partial charge is 0.383 e. The zero-order valence-corrected chi connectivity index (χ0v) is 18.2. The van der Waals surface area contributed by atoms with Crippen LogP contribution in [0.15, 0.2) is 47.4 Å². The van der Waals surface area contributed by atoms with Crippen LogP contribution in [0.3, 0.4) is 0 Å². The molecule has 9 heteroatoms. The van der Waals surface area contributed by atoms with Gasteiger partial charge in [-0.2, -0.15) is 0 Å². The van der Waals surface area contributed by atoms with Crippen LogP contribution >= 0.6 is 0 Å². The van der Waals surface area contributed by atoms with Gasteiger partial charge < -0.3 is 14.5 Å². The lowest BCUT2D eigenvalue weighted by Crippen LogP contribution is -2.51. The van der Waals surface area contributed by atoms with E-state index in [2.05, 4.69) is 9.97 Å². The lowest BCUT2D eigenvalue weighted by Gasteiger charge is -2.34. The molecule has 0 atom stereocenters. The summed E-state index contributed by atoms with van der Waals surface area (Å²) < 4.78 is 6.53. The van der Waals surface area contributed by atoms with Crippen molar-refractivity contribution in [2.45, 2.75) is 13.5 Å². The number of carbonyl (C=O) groups excluding carboxylic acids is 2. The molecule has 0 saturated carbocycles. The Kier molecular flexibility index (Phi) is 6.27. The van der Waals surface area contributed by atoms with Crippen LogP contribution in [0.25, 0.3) is 11.2 Å². The number of rotatable bonds is 5. The first-order valence-corrected chi connectivity index (χ1v) is 10.5. The van der Waals surface area contributed by atoms with Gasteiger partial charge in [0.1, 0.15) is 5.52 Å². The third kappa shape index (κ3) is 4.24. The standard InChI is InChI=1S/C23H25N5O4/c1-16-5-7-17(8-6-16)21(29)26-10-12-27(13-11-26)22(30)19-23(31)28(14-15-32-2)20-18(25-19)4-3-9-24-20/h3-9H,10-15H2,1-2H3. The van der Waals surface area contributed by atoms with E-state index < -0.39 is 11.5 Å². The van der Waals surface area contributed by atoms with E-state index in [1.54, 1.807) is 35.2 Å². The highest BCUT2D eigenvalue weighted by atomic mass is 16.5. The third-order valence-corrected chi connectivity index (χ3v) is 5.58. The minimum Gasteiger partial charge on any atom is -0.383 e. The van der Waals surface area contributed by atoms with Gasteiger partial charge in [0.2, 0.25) is 0 Å². The number of aromatic nitrogens is 3. The maximum Gasteiger partial charge on any atom is 0.283 e. The number of nitrogens with zero attached hydrogens (tertiary/aromatic N) is 5. The van der Waals surface area contributed by atoms with E-state index in [4.69, 9.17) is 4.74 Å². The minimum atomic E-state index is -0.489. The van der Waals surface area contributed by atoms with Crippen LogP contribution in [0.5, 0.6) is 0 Å². The first kappa shape index (κ1) is 21.6. The van der Waals surface area contributed by atoms with Crippen molar-refractivity contribution >= 4 is 23.0 Å². The second kappa shape index (κ2) is 9.27. The van der Waals surface area contributed by atoms with Crippen LogP contribution in [0.2, 0.25) is 0 Å². The fraction of sp³-hybridized carbons (Fsp3) is 0.348. The highest BCUT2D eigenvalue weighted by Gasteiger charge is 2.28. The zero-order valence-electron chi connectivity index (χ0n) is 18.2. The number of aryl methyl sites for hydroxylation is 1. The number of benzene rings is 1. The number of pyridine rings is 1. The number of fused-ring (bicyclic) bond motifs is 1. The van der Waals surface area contributed by atoms with Gasteiger partial charge in [0.05, 0.1) is 13.2 Å². The van der Waals surface area contributed by atoms with Crippen LogP contribution in [0, 0.1) is 6.92 Å². The molecule has 1 saturated heterocycles. The summed E-state index contributed by atoms with van der Waals surface area (Å²) in [5.74, 6) is -0.497. The number of carbonyl (C=O) groups is 2. The molecule has 1 aliphatic heterocycles. The number of hydrogen-bond donors (Lipinski definition) is 0. The first-order valence-electron chi connectivity index (χ1n) is 10.5. The quantitative estimate of drug-likeness (QED) is 0.600. The molecule has 2 aromatic heterocycles. The van der Waals surface area contributed by atoms with Gasteiger partial charge in [0.15, 0.2) is 11.3 Å². The third-order valence-electron chi connectivity index (χ3n) is 5.58. The summed E-state index contributed by atoms with van der Waals surface area (Å²) in [4.78, 5) is 50.8. The molecule has 0 N–H and O–H groups in total. The van der Waals surface area contributed by atoms with Crippen LogP contribution < -0.4 is 5.56 Å². The van der Waals surface area contributed by atoms with Crippen molar-refractivity contribution < 1.29 is 14.3 Å². The summed E-state index contributed by atoms with van der Waals surface area (Å²) in [5.41, 5.74) is 1.97. The smallest absolute Gasteiger partial charge is 0.283 e. The predicted molar refractivity (Wildman–Crippen MR) is 119 cm³/mol. The lowest BCUT2D eigenvalue weighted by molar-refractivity contribution is 0.0531. The normalized spacial score (nSPS) is 14.1. The van der Waals surface area contributed by atoms with E-state index >= 15 is 0 Å². The summed E-state index contributed by atoms with van der Waals surface area (Å²) in [6, 6.07) is 10.9. The second-order valence-electron chi connectivity index (χ2n) is 7.71. The van der Waals surface area contributed by atoms with E-state index in [-0.39, 0.29) is 18.1 Å². The Balaban J connectivity index is 1.53. The van der Waals surface area contributed by atoms with Crippen molar-refractivity contribution in [2.75, 3.05) is 39.9 Å². The summed E-state index contributed by atoms with van der Waals surface area (Å²) in [7, 11) is 1.55. The Labute approximate surface area is 185 Å². The molecule has 0 aliphatic carbocycles. The van der Waals surface area contributed by atoms with E-state index in [0.717, 1.165) is 5.56 Å². The Hall–Kier alpha value is -3.59. The highest BCUT2D eigenvalue weighted by Crippen LogP contribution is 2.13. The van der Waals surface area contributed by atoms with Gasteiger partial charge in [-0.25, -0.2) is 9.97 Å². The van der Waals surface area contributed by atoms with E-state index in [0.29, 0.717) is 49.5 Å². The Morgan fingerprint density at radius 1 is 1.00 bits per heavy atom. The Bertz CT molecular complexity index is 1200. The molecule has 3 heterocycles. The summed E-state index contributed by atoms with van der Waals surface area (Å²) in [6.45, 7) is 4.00. The summed E-state index contributed by atoms with van der Waals surface area (Å²) in [5, 5.41) is 0. The van der Waals surface area contributed by atoms with Gasteiger partial charge in [-0.05, 0) is 31.2 Å². The molecular formula is C23H25N5O4. The molecule has 0 bridgehead atoms. The van der Waals surface area contributed by atoms with Gasteiger partial charge >= 0.3 is 0 Å². The van der Waals surface area contributed by atoms with Crippen molar-refractivity contribution in [3.05, 3.63) is 69.8 Å². The summed E-state index contributed by atoms with van der Waals surface area (Å²) >= 11 is 0. The zero-order chi connectivity index (χ0) is 22.7. The van der Waals surface area contributed by atoms with E-state index in [1.165, 1.54) is 4.57 Å². The molecule has 0 unspecified atom stereocenters. The van der Waals surface area contributed by atoms with Crippen LogP contribution in [0.4, 0.5) is 0 Å². The molecule has 166 valence electrons. The van der Waals surface area contributed by atoms with Crippen molar-refractivity contribution in [3.8, 4) is 0 Å². The van der Waals surface area contributed by atoms with Gasteiger partial charge in [-0.1, -0.05) is 17.7 Å². The molecule has 3 aromatic rings. The molecular weight excluding hydrogens is 410 g/mol. The SMILES string of the molecule is COCCn1c(=O)c(C(=O)N2CCN(C(=O)c3ccc(C)cc3)CC2)nc2cccnc21. The monoisotopic (exact) mass is 435 g/mol. The van der Waals surface area contributed by atoms with Crippen molar-refractivity contribution in [1.29, 1.82) is 0 Å². The van der Waals surface area contributed by atoms with Crippen molar-refractivity contribution in [3.63, 3.8) is 0 Å². The number of methoxy groups -OCH3 is 1. The fourth-order valence-corrected chi connectivity index (χ4v) is 3.75. The first-order chi connectivity index (χ1) is 15.5. The summed E-state index contributed by atoms with van der Waals surface area (Å²) in [6.07, 6.45) is 1.58. The molecule has 0 radical (unpaired) electrons. The van der Waals surface area contributed by atoms with Crippen molar-refractivity contribution in [2.24, 2.45) is 0 Å². The molecule has 1 aromatic carbocycles.